The number of benzene rings is 1. The van der Waals surface area contributed by atoms with Crippen LogP contribution in [0.5, 0.6) is 5.75 Å². The Hall–Kier alpha value is -1.06. The molecular weight excluding hydrogens is 457 g/mol. The Labute approximate surface area is 179 Å². The first-order chi connectivity index (χ1) is 12.8. The maximum Gasteiger partial charge on any atom is 0.191 e. The molecule has 1 aromatic carbocycles. The van der Waals surface area contributed by atoms with Crippen LogP contribution in [-0.4, -0.2) is 57.6 Å². The lowest BCUT2D eigenvalue weighted by Crippen LogP contribution is -2.39. The third-order valence-corrected chi connectivity index (χ3v) is 4.60. The van der Waals surface area contributed by atoms with E-state index in [2.05, 4.69) is 34.7 Å². The van der Waals surface area contributed by atoms with Crippen molar-refractivity contribution in [1.29, 1.82) is 0 Å². The summed E-state index contributed by atoms with van der Waals surface area (Å²) in [5.41, 5.74) is 1.27. The predicted octanol–water partition coefficient (Wildman–Crippen LogP) is 2.75. The fourth-order valence-electron chi connectivity index (χ4n) is 3.26. The summed E-state index contributed by atoms with van der Waals surface area (Å²) in [6.45, 7) is 6.74. The van der Waals surface area contributed by atoms with Gasteiger partial charge in [0, 0.05) is 32.7 Å². The number of para-hydroxylation sites is 1. The average Bonchev–Trinajstić information content (AvgIpc) is 3.31. The normalized spacial score (nSPS) is 21.3. The lowest BCUT2D eigenvalue weighted by molar-refractivity contribution is 0.0168. The van der Waals surface area contributed by atoms with Gasteiger partial charge in [-0.25, -0.2) is 4.99 Å². The summed E-state index contributed by atoms with van der Waals surface area (Å²) in [5, 5.41) is 6.65. The standard InChI is InChI=1S/C20H31N3O3.HI/c1-2-21-20(22-10-6-11-24-15-17-8-5-12-25-17)23-14-18-13-16-7-3-4-9-19(16)26-18;/h3-4,7,9,17-18H,2,5-6,8,10-15H2,1H3,(H2,21,22,23);1H. The molecule has 0 radical (unpaired) electrons. The van der Waals surface area contributed by atoms with E-state index in [1.54, 1.807) is 0 Å². The van der Waals surface area contributed by atoms with Crippen molar-refractivity contribution in [2.45, 2.75) is 44.8 Å². The first-order valence-electron chi connectivity index (χ1n) is 9.81. The molecular formula is C20H32IN3O3. The van der Waals surface area contributed by atoms with Crippen molar-refractivity contribution in [1.82, 2.24) is 10.6 Å². The highest BCUT2D eigenvalue weighted by Gasteiger charge is 2.21. The Kier molecular flexibility index (Phi) is 10.2. The van der Waals surface area contributed by atoms with Gasteiger partial charge in [-0.15, -0.1) is 24.0 Å². The lowest BCUT2D eigenvalue weighted by atomic mass is 10.1. The third kappa shape index (κ3) is 7.46. The molecule has 152 valence electrons. The van der Waals surface area contributed by atoms with Crippen LogP contribution >= 0.6 is 24.0 Å². The topological polar surface area (TPSA) is 64.1 Å². The van der Waals surface area contributed by atoms with Gasteiger partial charge in [0.15, 0.2) is 5.96 Å². The Morgan fingerprint density at radius 3 is 2.93 bits per heavy atom. The van der Waals surface area contributed by atoms with Gasteiger partial charge in [0.05, 0.1) is 19.3 Å². The predicted molar refractivity (Wildman–Crippen MR) is 118 cm³/mol. The fourth-order valence-corrected chi connectivity index (χ4v) is 3.26. The fraction of sp³-hybridized carbons (Fsp3) is 0.650. The number of ether oxygens (including phenoxy) is 3. The molecule has 2 unspecified atom stereocenters. The molecule has 0 spiro atoms. The van der Waals surface area contributed by atoms with Crippen LogP contribution in [0.1, 0.15) is 31.7 Å². The summed E-state index contributed by atoms with van der Waals surface area (Å²) in [6.07, 6.45) is 4.59. The maximum absolute atomic E-state index is 5.95. The molecule has 2 N–H and O–H groups in total. The number of hydrogen-bond donors (Lipinski definition) is 2. The van der Waals surface area contributed by atoms with Crippen molar-refractivity contribution in [3.05, 3.63) is 29.8 Å². The van der Waals surface area contributed by atoms with Gasteiger partial charge in [-0.3, -0.25) is 0 Å². The number of hydrogen-bond acceptors (Lipinski definition) is 4. The van der Waals surface area contributed by atoms with Crippen molar-refractivity contribution in [3.8, 4) is 5.75 Å². The van der Waals surface area contributed by atoms with Crippen molar-refractivity contribution >= 4 is 29.9 Å². The van der Waals surface area contributed by atoms with Crippen LogP contribution in [0.25, 0.3) is 0 Å². The lowest BCUT2D eigenvalue weighted by Gasteiger charge is -2.14. The molecule has 2 aliphatic rings. The molecule has 2 aliphatic heterocycles. The van der Waals surface area contributed by atoms with Gasteiger partial charge in [0.25, 0.3) is 0 Å². The van der Waals surface area contributed by atoms with E-state index in [1.165, 1.54) is 5.56 Å². The molecule has 0 aliphatic carbocycles. The second-order valence-electron chi connectivity index (χ2n) is 6.76. The molecule has 0 saturated carbocycles. The second-order valence-corrected chi connectivity index (χ2v) is 6.76. The largest absolute Gasteiger partial charge is 0.488 e. The highest BCUT2D eigenvalue weighted by molar-refractivity contribution is 14.0. The van der Waals surface area contributed by atoms with Gasteiger partial charge in [0.2, 0.25) is 0 Å². The molecule has 2 heterocycles. The number of nitrogens with zero attached hydrogens (tertiary/aromatic N) is 1. The van der Waals surface area contributed by atoms with E-state index in [0.29, 0.717) is 19.3 Å². The van der Waals surface area contributed by atoms with Gasteiger partial charge >= 0.3 is 0 Å². The Morgan fingerprint density at radius 2 is 2.15 bits per heavy atom. The Balaban J connectivity index is 0.00000261. The molecule has 2 atom stereocenters. The van der Waals surface area contributed by atoms with Gasteiger partial charge in [-0.05, 0) is 37.8 Å². The van der Waals surface area contributed by atoms with Crippen LogP contribution in [0.3, 0.4) is 0 Å². The Morgan fingerprint density at radius 1 is 1.26 bits per heavy atom. The van der Waals surface area contributed by atoms with Gasteiger partial charge in [0.1, 0.15) is 11.9 Å². The number of rotatable bonds is 9. The van der Waals surface area contributed by atoms with E-state index < -0.39 is 0 Å². The van der Waals surface area contributed by atoms with E-state index in [9.17, 15) is 0 Å². The van der Waals surface area contributed by atoms with Crippen LogP contribution < -0.4 is 15.4 Å². The minimum Gasteiger partial charge on any atom is -0.488 e. The number of guanidine groups is 1. The van der Waals surface area contributed by atoms with Crippen molar-refractivity contribution in [2.75, 3.05) is 39.5 Å². The third-order valence-electron chi connectivity index (χ3n) is 4.60. The summed E-state index contributed by atoms with van der Waals surface area (Å²) in [6, 6.07) is 8.22. The summed E-state index contributed by atoms with van der Waals surface area (Å²) in [4.78, 5) is 4.67. The smallest absolute Gasteiger partial charge is 0.191 e. The van der Waals surface area contributed by atoms with Gasteiger partial charge in [-0.2, -0.15) is 0 Å². The zero-order valence-electron chi connectivity index (χ0n) is 16.1. The minimum atomic E-state index is 0. The van der Waals surface area contributed by atoms with Crippen LogP contribution in [-0.2, 0) is 15.9 Å². The molecule has 0 bridgehead atoms. The summed E-state index contributed by atoms with van der Waals surface area (Å²) >= 11 is 0. The number of halogens is 1. The summed E-state index contributed by atoms with van der Waals surface area (Å²) in [5.74, 6) is 1.83. The summed E-state index contributed by atoms with van der Waals surface area (Å²) in [7, 11) is 0. The second kappa shape index (κ2) is 12.4. The number of nitrogens with one attached hydrogen (secondary N) is 2. The van der Waals surface area contributed by atoms with E-state index >= 15 is 0 Å². The van der Waals surface area contributed by atoms with Crippen LogP contribution in [0, 0.1) is 0 Å². The molecule has 6 nitrogen and oxygen atoms in total. The van der Waals surface area contributed by atoms with E-state index in [0.717, 1.165) is 63.7 Å². The molecule has 3 rings (SSSR count). The van der Waals surface area contributed by atoms with E-state index in [4.69, 9.17) is 14.2 Å². The van der Waals surface area contributed by atoms with Crippen LogP contribution in [0.4, 0.5) is 0 Å². The number of fused-ring (bicyclic) bond motifs is 1. The maximum atomic E-state index is 5.95. The van der Waals surface area contributed by atoms with Gasteiger partial charge < -0.3 is 24.8 Å². The molecule has 27 heavy (non-hydrogen) atoms. The highest BCUT2D eigenvalue weighted by atomic mass is 127. The molecule has 0 aromatic heterocycles. The van der Waals surface area contributed by atoms with Crippen LogP contribution in [0.15, 0.2) is 29.3 Å². The van der Waals surface area contributed by atoms with Crippen molar-refractivity contribution in [3.63, 3.8) is 0 Å². The zero-order valence-corrected chi connectivity index (χ0v) is 18.4. The first-order valence-corrected chi connectivity index (χ1v) is 9.81. The molecule has 0 amide bonds. The highest BCUT2D eigenvalue weighted by Crippen LogP contribution is 2.28. The quantitative estimate of drug-likeness (QED) is 0.242. The minimum absolute atomic E-state index is 0. The molecule has 1 saturated heterocycles. The number of aliphatic imine (C=N–C) groups is 1. The summed E-state index contributed by atoms with van der Waals surface area (Å²) < 4.78 is 17.2. The first kappa shape index (κ1) is 22.2. The van der Waals surface area contributed by atoms with Gasteiger partial charge in [-0.1, -0.05) is 18.2 Å². The average molecular weight is 489 g/mol. The zero-order chi connectivity index (χ0) is 18.0. The van der Waals surface area contributed by atoms with E-state index in [-0.39, 0.29) is 30.1 Å². The van der Waals surface area contributed by atoms with Crippen LogP contribution in [0.2, 0.25) is 0 Å². The van der Waals surface area contributed by atoms with E-state index in [1.807, 2.05) is 12.1 Å². The van der Waals surface area contributed by atoms with Crippen molar-refractivity contribution < 1.29 is 14.2 Å². The Bertz CT molecular complexity index is 554. The molecule has 1 fully saturated rings. The SMILES string of the molecule is CCNC(=NCC1Cc2ccccc2O1)NCCCOCC1CCCO1.I. The molecule has 7 heteroatoms. The monoisotopic (exact) mass is 489 g/mol. The van der Waals surface area contributed by atoms with Crippen molar-refractivity contribution in [2.24, 2.45) is 4.99 Å². The molecule has 1 aromatic rings.